The molecule has 2 unspecified atom stereocenters. The van der Waals surface area contributed by atoms with E-state index < -0.39 is 23.1 Å². The van der Waals surface area contributed by atoms with Crippen LogP contribution in [0.3, 0.4) is 0 Å². The number of carbonyl (C=O) groups excluding carboxylic acids is 1. The number of rotatable bonds is 6. The summed E-state index contributed by atoms with van der Waals surface area (Å²) in [6, 6.07) is 16.1. The molecular weight excluding hydrogens is 402 g/mol. The maximum atomic E-state index is 13.2. The highest BCUT2D eigenvalue weighted by Gasteiger charge is 2.46. The Morgan fingerprint density at radius 1 is 1.13 bits per heavy atom. The lowest BCUT2D eigenvalue weighted by Crippen LogP contribution is -2.40. The van der Waals surface area contributed by atoms with Crippen molar-refractivity contribution < 1.29 is 14.6 Å². The minimum absolute atomic E-state index is 0.194. The van der Waals surface area contributed by atoms with Crippen molar-refractivity contribution in [3.63, 3.8) is 0 Å². The van der Waals surface area contributed by atoms with Gasteiger partial charge in [0.05, 0.1) is 0 Å². The highest BCUT2D eigenvalue weighted by atomic mass is 35.5. The van der Waals surface area contributed by atoms with Crippen molar-refractivity contribution in [1.29, 1.82) is 0 Å². The van der Waals surface area contributed by atoms with E-state index in [1.807, 2.05) is 30.3 Å². The number of aliphatic hydroxyl groups is 1. The van der Waals surface area contributed by atoms with Crippen LogP contribution in [-0.4, -0.2) is 31.9 Å². The van der Waals surface area contributed by atoms with E-state index >= 15 is 0 Å². The molecule has 0 saturated heterocycles. The Morgan fingerprint density at radius 3 is 2.37 bits per heavy atom. The summed E-state index contributed by atoms with van der Waals surface area (Å²) in [6.45, 7) is 5.30. The molecule has 1 heterocycles. The molecule has 2 atom stereocenters. The summed E-state index contributed by atoms with van der Waals surface area (Å²) < 4.78 is 5.62. The second-order valence-electron chi connectivity index (χ2n) is 7.91. The second-order valence-corrected chi connectivity index (χ2v) is 8.35. The minimum Gasteiger partial charge on any atom is -0.459 e. The second kappa shape index (κ2) is 8.81. The molecule has 6 nitrogen and oxygen atoms in total. The standard InChI is InChI=1S/C23H24ClN3O3/c1-22(2,3)30-21(28)19(20-25-15-26-27-20)23(29,17-9-11-18(24)12-10-17)14-13-16-7-5-4-6-8-16/h4-15,19,29H,1-3H3,(H,25,26,27). The molecule has 1 aromatic heterocycles. The van der Waals surface area contributed by atoms with E-state index in [0.717, 1.165) is 5.56 Å². The highest BCUT2D eigenvalue weighted by molar-refractivity contribution is 6.30. The Labute approximate surface area is 180 Å². The quantitative estimate of drug-likeness (QED) is 0.568. The van der Waals surface area contributed by atoms with Crippen molar-refractivity contribution in [2.75, 3.05) is 0 Å². The predicted molar refractivity (Wildman–Crippen MR) is 116 cm³/mol. The average Bonchev–Trinajstić information content (AvgIpc) is 3.20. The predicted octanol–water partition coefficient (Wildman–Crippen LogP) is 4.48. The summed E-state index contributed by atoms with van der Waals surface area (Å²) in [4.78, 5) is 17.4. The number of hydrogen-bond donors (Lipinski definition) is 2. The molecule has 156 valence electrons. The molecule has 0 aliphatic rings. The van der Waals surface area contributed by atoms with E-state index in [2.05, 4.69) is 15.2 Å². The Bertz CT molecular complexity index is 996. The van der Waals surface area contributed by atoms with Crippen molar-refractivity contribution in [1.82, 2.24) is 15.2 Å². The van der Waals surface area contributed by atoms with Crippen molar-refractivity contribution in [2.24, 2.45) is 0 Å². The Balaban J connectivity index is 2.15. The Kier molecular flexibility index (Phi) is 6.39. The summed E-state index contributed by atoms with van der Waals surface area (Å²) in [5.41, 5.74) is -1.20. The van der Waals surface area contributed by atoms with Crippen LogP contribution in [-0.2, 0) is 15.1 Å². The third-order valence-electron chi connectivity index (χ3n) is 4.43. The van der Waals surface area contributed by atoms with Crippen LogP contribution < -0.4 is 0 Å². The number of carbonyl (C=O) groups is 1. The highest BCUT2D eigenvalue weighted by Crippen LogP contribution is 2.39. The SMILES string of the molecule is CC(C)(C)OC(=O)C(c1ncn[nH]1)C(O)(C=Cc1ccccc1)c1ccc(Cl)cc1. The fourth-order valence-corrected chi connectivity index (χ4v) is 3.20. The van der Waals surface area contributed by atoms with Crippen LogP contribution in [0.1, 0.15) is 43.6 Å². The fraction of sp³-hybridized carbons (Fsp3) is 0.261. The summed E-state index contributed by atoms with van der Waals surface area (Å²) in [5, 5.41) is 19.0. The largest absolute Gasteiger partial charge is 0.459 e. The van der Waals surface area contributed by atoms with E-state index in [9.17, 15) is 9.90 Å². The van der Waals surface area contributed by atoms with Gasteiger partial charge in [0.2, 0.25) is 0 Å². The van der Waals surface area contributed by atoms with E-state index in [1.54, 1.807) is 57.2 Å². The molecule has 0 aliphatic heterocycles. The molecule has 0 aliphatic carbocycles. The third kappa shape index (κ3) is 5.14. The number of halogens is 1. The number of nitrogens with zero attached hydrogens (tertiary/aromatic N) is 2. The van der Waals surface area contributed by atoms with Crippen molar-refractivity contribution >= 4 is 23.6 Å². The van der Waals surface area contributed by atoms with Gasteiger partial charge in [-0.3, -0.25) is 9.89 Å². The number of aromatic amines is 1. The molecule has 0 fully saturated rings. The molecule has 3 rings (SSSR count). The zero-order valence-electron chi connectivity index (χ0n) is 17.0. The third-order valence-corrected chi connectivity index (χ3v) is 4.68. The van der Waals surface area contributed by atoms with Crippen LogP contribution in [0.25, 0.3) is 6.08 Å². The number of nitrogens with one attached hydrogen (secondary N) is 1. The molecule has 7 heteroatoms. The van der Waals surface area contributed by atoms with E-state index in [0.29, 0.717) is 10.6 Å². The van der Waals surface area contributed by atoms with Gasteiger partial charge in [-0.15, -0.1) is 0 Å². The Morgan fingerprint density at radius 2 is 1.80 bits per heavy atom. The molecule has 30 heavy (non-hydrogen) atoms. The van der Waals surface area contributed by atoms with Crippen molar-refractivity contribution in [3.05, 3.63) is 89.0 Å². The maximum absolute atomic E-state index is 13.2. The molecule has 0 radical (unpaired) electrons. The van der Waals surface area contributed by atoms with Crippen molar-refractivity contribution in [3.8, 4) is 0 Å². The molecular formula is C23H24ClN3O3. The topological polar surface area (TPSA) is 88.1 Å². The van der Waals surface area contributed by atoms with E-state index in [4.69, 9.17) is 16.3 Å². The average molecular weight is 426 g/mol. The number of esters is 1. The van der Waals surface area contributed by atoms with Gasteiger partial charge in [0, 0.05) is 5.02 Å². The zero-order chi connectivity index (χ0) is 21.8. The first-order chi connectivity index (χ1) is 14.2. The van der Waals surface area contributed by atoms with Crippen molar-refractivity contribution in [2.45, 2.75) is 37.9 Å². The summed E-state index contributed by atoms with van der Waals surface area (Å²) in [5.74, 6) is -1.62. The maximum Gasteiger partial charge on any atom is 0.320 e. The van der Waals surface area contributed by atoms with Gasteiger partial charge < -0.3 is 9.84 Å². The molecule has 0 spiro atoms. The Hall–Kier alpha value is -2.96. The first kappa shape index (κ1) is 21.7. The minimum atomic E-state index is -1.78. The summed E-state index contributed by atoms with van der Waals surface area (Å²) >= 11 is 6.04. The lowest BCUT2D eigenvalue weighted by Gasteiger charge is -2.33. The van der Waals surface area contributed by atoms with Crippen LogP contribution in [0.2, 0.25) is 5.02 Å². The first-order valence-corrected chi connectivity index (χ1v) is 9.88. The normalized spacial score (nSPS) is 15.0. The number of hydrogen-bond acceptors (Lipinski definition) is 5. The molecule has 0 amide bonds. The van der Waals surface area contributed by atoms with Crippen LogP contribution >= 0.6 is 11.6 Å². The monoisotopic (exact) mass is 425 g/mol. The lowest BCUT2D eigenvalue weighted by molar-refractivity contribution is -0.162. The molecule has 0 saturated carbocycles. The van der Waals surface area contributed by atoms with Crippen LogP contribution in [0, 0.1) is 0 Å². The smallest absolute Gasteiger partial charge is 0.320 e. The summed E-state index contributed by atoms with van der Waals surface area (Å²) in [7, 11) is 0. The van der Waals surface area contributed by atoms with Gasteiger partial charge in [0.1, 0.15) is 23.4 Å². The number of aromatic nitrogens is 3. The molecule has 2 aromatic carbocycles. The van der Waals surface area contributed by atoms with Gasteiger partial charge >= 0.3 is 5.97 Å². The first-order valence-electron chi connectivity index (χ1n) is 9.50. The van der Waals surface area contributed by atoms with Gasteiger partial charge in [-0.2, -0.15) is 5.10 Å². The van der Waals surface area contributed by atoms with E-state index in [1.165, 1.54) is 6.33 Å². The van der Waals surface area contributed by atoms with Crippen LogP contribution in [0.15, 0.2) is 67.0 Å². The number of ether oxygens (including phenoxy) is 1. The zero-order valence-corrected chi connectivity index (χ0v) is 17.8. The molecule has 0 bridgehead atoms. The van der Waals surface area contributed by atoms with Gasteiger partial charge in [-0.05, 0) is 50.1 Å². The van der Waals surface area contributed by atoms with E-state index in [-0.39, 0.29) is 5.82 Å². The van der Waals surface area contributed by atoms with Gasteiger partial charge in [-0.1, -0.05) is 60.1 Å². The fourth-order valence-electron chi connectivity index (χ4n) is 3.08. The molecule has 2 N–H and O–H groups in total. The number of H-pyrrole nitrogens is 1. The van der Waals surface area contributed by atoms with Gasteiger partial charge in [0.25, 0.3) is 0 Å². The van der Waals surface area contributed by atoms with Crippen LogP contribution in [0.4, 0.5) is 0 Å². The van der Waals surface area contributed by atoms with Crippen LogP contribution in [0.5, 0.6) is 0 Å². The van der Waals surface area contributed by atoms with Gasteiger partial charge in [-0.25, -0.2) is 4.98 Å². The van der Waals surface area contributed by atoms with Gasteiger partial charge in [0.15, 0.2) is 5.92 Å². The lowest BCUT2D eigenvalue weighted by atomic mass is 9.79. The number of benzene rings is 2. The summed E-state index contributed by atoms with van der Waals surface area (Å²) in [6.07, 6.45) is 4.61. The molecule has 3 aromatic rings.